The summed E-state index contributed by atoms with van der Waals surface area (Å²) < 4.78 is 4.68. The number of carbonyl (C=O) groups is 1. The fourth-order valence-corrected chi connectivity index (χ4v) is 3.29. The molecular weight excluding hydrogens is 318 g/mol. The second-order valence-corrected chi connectivity index (χ2v) is 5.80. The van der Waals surface area contributed by atoms with Crippen LogP contribution in [-0.4, -0.2) is 24.9 Å². The smallest absolute Gasteiger partial charge is 0.323 e. The average molecular weight is 338 g/mol. The minimum Gasteiger partial charge on any atom is -0.468 e. The van der Waals surface area contributed by atoms with E-state index in [1.807, 2.05) is 36.4 Å². The lowest BCUT2D eigenvalue weighted by Crippen LogP contribution is -2.34. The fraction of sp³-hybridized carbons (Fsp3) is 0.235. The van der Waals surface area contributed by atoms with E-state index >= 15 is 0 Å². The van der Waals surface area contributed by atoms with Crippen LogP contribution in [0.2, 0.25) is 0 Å². The number of hydrogen-bond donors (Lipinski definition) is 1. The quantitative estimate of drug-likeness (QED) is 0.820. The number of thioether (sulfide) groups is 1. The van der Waals surface area contributed by atoms with Crippen molar-refractivity contribution >= 4 is 30.1 Å². The van der Waals surface area contributed by atoms with Crippen molar-refractivity contribution in [3.63, 3.8) is 0 Å². The van der Waals surface area contributed by atoms with E-state index < -0.39 is 6.04 Å². The highest BCUT2D eigenvalue weighted by Gasteiger charge is 2.19. The molecule has 0 aliphatic carbocycles. The van der Waals surface area contributed by atoms with Crippen molar-refractivity contribution in [3.8, 4) is 0 Å². The summed E-state index contributed by atoms with van der Waals surface area (Å²) in [5.41, 5.74) is 8.24. The van der Waals surface area contributed by atoms with Crippen molar-refractivity contribution in [2.75, 3.05) is 12.9 Å². The molecule has 2 aromatic rings. The largest absolute Gasteiger partial charge is 0.468 e. The molecule has 0 saturated carbocycles. The molecule has 118 valence electrons. The van der Waals surface area contributed by atoms with Gasteiger partial charge in [0.1, 0.15) is 6.04 Å². The first kappa shape index (κ1) is 18.6. The van der Waals surface area contributed by atoms with Crippen LogP contribution in [-0.2, 0) is 9.53 Å². The van der Waals surface area contributed by atoms with Gasteiger partial charge in [-0.05, 0) is 11.1 Å². The van der Waals surface area contributed by atoms with Gasteiger partial charge in [0.05, 0.1) is 12.4 Å². The molecule has 0 heterocycles. The van der Waals surface area contributed by atoms with Gasteiger partial charge in [0.25, 0.3) is 0 Å². The summed E-state index contributed by atoms with van der Waals surface area (Å²) in [6.45, 7) is 0. The lowest BCUT2D eigenvalue weighted by atomic mass is 10.0. The molecule has 0 aliphatic heterocycles. The monoisotopic (exact) mass is 337 g/mol. The van der Waals surface area contributed by atoms with Crippen LogP contribution in [0, 0.1) is 0 Å². The van der Waals surface area contributed by atoms with Crippen LogP contribution in [0.3, 0.4) is 0 Å². The van der Waals surface area contributed by atoms with Gasteiger partial charge >= 0.3 is 5.97 Å². The summed E-state index contributed by atoms with van der Waals surface area (Å²) in [5.74, 6) is 0.142. The first-order valence-electron chi connectivity index (χ1n) is 6.77. The van der Waals surface area contributed by atoms with Crippen molar-refractivity contribution in [1.82, 2.24) is 0 Å². The summed E-state index contributed by atoms with van der Waals surface area (Å²) in [5, 5.41) is 0.156. The first-order valence-corrected chi connectivity index (χ1v) is 7.82. The van der Waals surface area contributed by atoms with Gasteiger partial charge in [0, 0.05) is 5.75 Å². The van der Waals surface area contributed by atoms with Crippen molar-refractivity contribution in [2.24, 2.45) is 5.73 Å². The van der Waals surface area contributed by atoms with Crippen LogP contribution < -0.4 is 5.73 Å². The van der Waals surface area contributed by atoms with Crippen LogP contribution in [0.25, 0.3) is 0 Å². The fourth-order valence-electron chi connectivity index (χ4n) is 2.06. The highest BCUT2D eigenvalue weighted by Crippen LogP contribution is 2.35. The molecule has 0 saturated heterocycles. The van der Waals surface area contributed by atoms with E-state index in [0.29, 0.717) is 5.75 Å². The summed E-state index contributed by atoms with van der Waals surface area (Å²) in [6.07, 6.45) is 0. The summed E-state index contributed by atoms with van der Waals surface area (Å²) in [4.78, 5) is 11.4. The molecule has 22 heavy (non-hydrogen) atoms. The van der Waals surface area contributed by atoms with Crippen LogP contribution in [0.5, 0.6) is 0 Å². The number of benzene rings is 2. The normalized spacial score (nSPS) is 11.6. The van der Waals surface area contributed by atoms with Crippen molar-refractivity contribution in [1.29, 1.82) is 0 Å². The third-order valence-corrected chi connectivity index (χ3v) is 4.58. The minimum absolute atomic E-state index is 0. The Morgan fingerprint density at radius 3 is 1.91 bits per heavy atom. The molecule has 0 radical (unpaired) electrons. The summed E-state index contributed by atoms with van der Waals surface area (Å²) in [6, 6.07) is 19.8. The second kappa shape index (κ2) is 9.51. The minimum atomic E-state index is -0.602. The van der Waals surface area contributed by atoms with Crippen LogP contribution >= 0.6 is 24.2 Å². The predicted molar refractivity (Wildman–Crippen MR) is 94.4 cm³/mol. The number of carbonyl (C=O) groups excluding carboxylic acids is 1. The van der Waals surface area contributed by atoms with Gasteiger partial charge in [0.15, 0.2) is 0 Å². The van der Waals surface area contributed by atoms with Gasteiger partial charge in [-0.1, -0.05) is 60.7 Å². The summed E-state index contributed by atoms with van der Waals surface area (Å²) >= 11 is 1.65. The van der Waals surface area contributed by atoms with Gasteiger partial charge in [-0.15, -0.1) is 24.2 Å². The molecule has 0 spiro atoms. The first-order chi connectivity index (χ1) is 10.2. The highest BCUT2D eigenvalue weighted by atomic mass is 35.5. The molecule has 0 bridgehead atoms. The maximum Gasteiger partial charge on any atom is 0.323 e. The number of hydrogen-bond acceptors (Lipinski definition) is 4. The van der Waals surface area contributed by atoms with Gasteiger partial charge in [0.2, 0.25) is 0 Å². The van der Waals surface area contributed by atoms with Crippen molar-refractivity contribution < 1.29 is 9.53 Å². The van der Waals surface area contributed by atoms with Gasteiger partial charge < -0.3 is 10.5 Å². The third-order valence-electron chi connectivity index (χ3n) is 3.15. The van der Waals surface area contributed by atoms with Crippen molar-refractivity contribution in [2.45, 2.75) is 11.3 Å². The molecule has 0 unspecified atom stereocenters. The molecule has 2 N–H and O–H groups in total. The Morgan fingerprint density at radius 1 is 1.05 bits per heavy atom. The van der Waals surface area contributed by atoms with E-state index in [4.69, 9.17) is 5.73 Å². The topological polar surface area (TPSA) is 52.3 Å². The predicted octanol–water partition coefficient (Wildman–Crippen LogP) is 3.43. The summed E-state index contributed by atoms with van der Waals surface area (Å²) in [7, 11) is 1.36. The van der Waals surface area contributed by atoms with Gasteiger partial charge in [-0.25, -0.2) is 0 Å². The van der Waals surface area contributed by atoms with Crippen molar-refractivity contribution in [3.05, 3.63) is 71.8 Å². The van der Waals surface area contributed by atoms with E-state index in [1.165, 1.54) is 18.2 Å². The standard InChI is InChI=1S/C17H19NO2S.ClH/c1-20-17(19)15(18)12-21-16(13-8-4-2-5-9-13)14-10-6-3-7-11-14;/h2-11,15-16H,12,18H2,1H3;1H/t15-;/m0./s1. The highest BCUT2D eigenvalue weighted by molar-refractivity contribution is 7.99. The second-order valence-electron chi connectivity index (χ2n) is 4.66. The Balaban J connectivity index is 0.00000242. The zero-order valence-corrected chi connectivity index (χ0v) is 14.0. The Bertz CT molecular complexity index is 526. The molecular formula is C17H20ClNO2S. The van der Waals surface area contributed by atoms with Crippen LogP contribution in [0.4, 0.5) is 0 Å². The molecule has 0 amide bonds. The number of esters is 1. The molecule has 0 fully saturated rings. The molecule has 2 aromatic carbocycles. The maximum absolute atomic E-state index is 11.4. The maximum atomic E-state index is 11.4. The average Bonchev–Trinajstić information content (AvgIpc) is 2.56. The van der Waals surface area contributed by atoms with Gasteiger partial charge in [-0.2, -0.15) is 0 Å². The number of nitrogens with two attached hydrogens (primary N) is 1. The van der Waals surface area contributed by atoms with E-state index in [2.05, 4.69) is 29.0 Å². The Kier molecular flexibility index (Phi) is 8.02. The number of ether oxygens (including phenoxy) is 1. The zero-order chi connectivity index (χ0) is 15.1. The number of rotatable bonds is 6. The lowest BCUT2D eigenvalue weighted by molar-refractivity contribution is -0.141. The van der Waals surface area contributed by atoms with Gasteiger partial charge in [-0.3, -0.25) is 4.79 Å². The Morgan fingerprint density at radius 2 is 1.50 bits per heavy atom. The molecule has 1 atom stereocenters. The zero-order valence-electron chi connectivity index (χ0n) is 12.3. The molecule has 0 aliphatic rings. The number of methoxy groups -OCH3 is 1. The lowest BCUT2D eigenvalue weighted by Gasteiger charge is -2.19. The molecule has 5 heteroatoms. The molecule has 2 rings (SSSR count). The van der Waals surface area contributed by atoms with E-state index in [-0.39, 0.29) is 23.6 Å². The number of halogens is 1. The third kappa shape index (κ3) is 5.05. The molecule has 0 aromatic heterocycles. The molecule has 3 nitrogen and oxygen atoms in total. The van der Waals surface area contributed by atoms with E-state index in [1.54, 1.807) is 11.8 Å². The Labute approximate surface area is 141 Å². The SMILES string of the molecule is COC(=O)[C@@H](N)CSC(c1ccccc1)c1ccccc1.Cl. The van der Waals surface area contributed by atoms with Crippen LogP contribution in [0.1, 0.15) is 16.4 Å². The Hall–Kier alpha value is -1.49. The van der Waals surface area contributed by atoms with Crippen LogP contribution in [0.15, 0.2) is 60.7 Å². The van der Waals surface area contributed by atoms with E-state index in [9.17, 15) is 4.79 Å². The van der Waals surface area contributed by atoms with E-state index in [0.717, 1.165) is 0 Å².